The van der Waals surface area contributed by atoms with Crippen molar-refractivity contribution in [1.82, 2.24) is 5.32 Å². The second kappa shape index (κ2) is 9.25. The lowest BCUT2D eigenvalue weighted by molar-refractivity contribution is -0.153. The van der Waals surface area contributed by atoms with E-state index in [0.29, 0.717) is 23.9 Å². The summed E-state index contributed by atoms with van der Waals surface area (Å²) >= 11 is 5.79. The monoisotopic (exact) mass is 375 g/mol. The van der Waals surface area contributed by atoms with Gasteiger partial charge in [0.25, 0.3) is 5.91 Å². The molecule has 0 aliphatic carbocycles. The summed E-state index contributed by atoms with van der Waals surface area (Å²) in [7, 11) is 0. The summed E-state index contributed by atoms with van der Waals surface area (Å²) in [5.41, 5.74) is 0.0148. The molecule has 0 fully saturated rings. The molecule has 26 heavy (non-hydrogen) atoms. The summed E-state index contributed by atoms with van der Waals surface area (Å²) in [4.78, 5) is 24.1. The van der Waals surface area contributed by atoms with Crippen LogP contribution in [0.5, 0.6) is 5.75 Å². The average molecular weight is 376 g/mol. The third-order valence-corrected chi connectivity index (χ3v) is 4.10. The van der Waals surface area contributed by atoms with Crippen LogP contribution in [0.15, 0.2) is 54.6 Å². The Bertz CT molecular complexity index is 729. The first-order valence-corrected chi connectivity index (χ1v) is 8.65. The molecular weight excluding hydrogens is 354 g/mol. The molecule has 0 radical (unpaired) electrons. The van der Waals surface area contributed by atoms with E-state index >= 15 is 0 Å². The van der Waals surface area contributed by atoms with Gasteiger partial charge in [-0.15, -0.1) is 0 Å². The minimum absolute atomic E-state index is 0.302. The first-order chi connectivity index (χ1) is 12.4. The van der Waals surface area contributed by atoms with Gasteiger partial charge in [0.15, 0.2) is 6.61 Å². The number of hydrogen-bond donors (Lipinski definition) is 1. The van der Waals surface area contributed by atoms with Crippen LogP contribution in [0.25, 0.3) is 0 Å². The Hall–Kier alpha value is -2.53. The van der Waals surface area contributed by atoms with Crippen molar-refractivity contribution in [1.29, 1.82) is 0 Å². The van der Waals surface area contributed by atoms with E-state index in [9.17, 15) is 9.59 Å². The van der Waals surface area contributed by atoms with Crippen molar-refractivity contribution in [2.75, 3.05) is 19.8 Å². The van der Waals surface area contributed by atoms with Gasteiger partial charge >= 0.3 is 5.97 Å². The van der Waals surface area contributed by atoms with Crippen LogP contribution in [0.3, 0.4) is 0 Å². The Morgan fingerprint density at radius 3 is 2.35 bits per heavy atom. The van der Waals surface area contributed by atoms with E-state index in [-0.39, 0.29) is 12.5 Å². The molecule has 2 aromatic carbocycles. The quantitative estimate of drug-likeness (QED) is 0.567. The summed E-state index contributed by atoms with van der Waals surface area (Å²) in [5.74, 6) is -0.155. The first-order valence-electron chi connectivity index (χ1n) is 8.27. The van der Waals surface area contributed by atoms with E-state index in [0.717, 1.165) is 5.56 Å². The molecule has 0 saturated heterocycles. The molecule has 0 heterocycles. The van der Waals surface area contributed by atoms with Gasteiger partial charge in [0.2, 0.25) is 0 Å². The van der Waals surface area contributed by atoms with Crippen molar-refractivity contribution < 1.29 is 19.1 Å². The Morgan fingerprint density at radius 2 is 1.69 bits per heavy atom. The summed E-state index contributed by atoms with van der Waals surface area (Å²) in [6, 6.07) is 16.3. The Balaban J connectivity index is 1.69. The zero-order valence-electron chi connectivity index (χ0n) is 14.8. The van der Waals surface area contributed by atoms with Crippen LogP contribution >= 0.6 is 11.6 Å². The minimum Gasteiger partial charge on any atom is -0.492 e. The fourth-order valence-electron chi connectivity index (χ4n) is 2.23. The highest BCUT2D eigenvalue weighted by molar-refractivity contribution is 6.30. The van der Waals surface area contributed by atoms with Gasteiger partial charge < -0.3 is 14.8 Å². The number of rotatable bonds is 8. The Morgan fingerprint density at radius 1 is 1.04 bits per heavy atom. The predicted octanol–water partition coefficient (Wildman–Crippen LogP) is 3.36. The molecule has 0 aromatic heterocycles. The van der Waals surface area contributed by atoms with Gasteiger partial charge in [-0.3, -0.25) is 9.59 Å². The van der Waals surface area contributed by atoms with Crippen molar-refractivity contribution in [2.45, 2.75) is 19.3 Å². The van der Waals surface area contributed by atoms with Crippen molar-refractivity contribution in [3.63, 3.8) is 0 Å². The number of esters is 1. The summed E-state index contributed by atoms with van der Waals surface area (Å²) < 4.78 is 10.6. The minimum atomic E-state index is -0.820. The molecule has 0 bridgehead atoms. The Kier molecular flexibility index (Phi) is 7.04. The van der Waals surface area contributed by atoms with Gasteiger partial charge in [-0.25, -0.2) is 0 Å². The molecule has 0 spiro atoms. The number of ether oxygens (including phenoxy) is 2. The molecule has 138 valence electrons. The molecule has 0 unspecified atom stereocenters. The van der Waals surface area contributed by atoms with Gasteiger partial charge in [-0.2, -0.15) is 0 Å². The molecule has 5 nitrogen and oxygen atoms in total. The van der Waals surface area contributed by atoms with Crippen molar-refractivity contribution in [2.24, 2.45) is 0 Å². The molecule has 2 rings (SSSR count). The SMILES string of the molecule is CC(C)(C(=O)OCC(=O)NCCOc1ccc(Cl)cc1)c1ccccc1. The van der Waals surface area contributed by atoms with Crippen LogP contribution in [0.2, 0.25) is 5.02 Å². The number of carbonyl (C=O) groups is 2. The zero-order valence-corrected chi connectivity index (χ0v) is 15.6. The van der Waals surface area contributed by atoms with Gasteiger partial charge in [0.1, 0.15) is 12.4 Å². The number of nitrogens with one attached hydrogen (secondary N) is 1. The maximum Gasteiger partial charge on any atom is 0.316 e. The third kappa shape index (κ3) is 5.77. The van der Waals surface area contributed by atoms with E-state index in [1.54, 1.807) is 38.1 Å². The van der Waals surface area contributed by atoms with Gasteiger partial charge in [0, 0.05) is 5.02 Å². The maximum absolute atomic E-state index is 12.3. The van der Waals surface area contributed by atoms with E-state index in [4.69, 9.17) is 21.1 Å². The lowest BCUT2D eigenvalue weighted by atomic mass is 9.85. The number of benzene rings is 2. The van der Waals surface area contributed by atoms with Crippen LogP contribution < -0.4 is 10.1 Å². The van der Waals surface area contributed by atoms with Gasteiger partial charge in [-0.1, -0.05) is 41.9 Å². The molecule has 0 aliphatic heterocycles. The molecule has 6 heteroatoms. The highest BCUT2D eigenvalue weighted by atomic mass is 35.5. The van der Waals surface area contributed by atoms with E-state index in [2.05, 4.69) is 5.32 Å². The van der Waals surface area contributed by atoms with Crippen LogP contribution in [-0.2, 0) is 19.7 Å². The second-order valence-electron chi connectivity index (χ2n) is 6.22. The van der Waals surface area contributed by atoms with Crippen LogP contribution in [0.4, 0.5) is 0 Å². The normalized spacial score (nSPS) is 10.9. The number of amides is 1. The third-order valence-electron chi connectivity index (χ3n) is 3.85. The smallest absolute Gasteiger partial charge is 0.316 e. The summed E-state index contributed by atoms with van der Waals surface area (Å²) in [6.45, 7) is 3.82. The van der Waals surface area contributed by atoms with Crippen molar-refractivity contribution in [3.8, 4) is 5.75 Å². The molecule has 0 aliphatic rings. The highest BCUT2D eigenvalue weighted by Crippen LogP contribution is 2.24. The van der Waals surface area contributed by atoms with Crippen LogP contribution in [0.1, 0.15) is 19.4 Å². The Labute approximate surface area is 158 Å². The first kappa shape index (κ1) is 19.8. The topological polar surface area (TPSA) is 64.6 Å². The molecule has 0 atom stereocenters. The number of halogens is 1. The maximum atomic E-state index is 12.3. The van der Waals surface area contributed by atoms with Gasteiger partial charge in [-0.05, 0) is 43.7 Å². The summed E-state index contributed by atoms with van der Waals surface area (Å²) in [6.07, 6.45) is 0. The van der Waals surface area contributed by atoms with Gasteiger partial charge in [0.05, 0.1) is 12.0 Å². The molecule has 1 amide bonds. The fraction of sp³-hybridized carbons (Fsp3) is 0.300. The van der Waals surface area contributed by atoms with E-state index in [1.165, 1.54) is 0 Å². The molecule has 0 saturated carbocycles. The number of hydrogen-bond acceptors (Lipinski definition) is 4. The van der Waals surface area contributed by atoms with E-state index in [1.807, 2.05) is 30.3 Å². The van der Waals surface area contributed by atoms with Crippen LogP contribution in [0, 0.1) is 0 Å². The lowest BCUT2D eigenvalue weighted by Crippen LogP contribution is -2.36. The predicted molar refractivity (Wildman–Crippen MR) is 100 cm³/mol. The molecular formula is C20H22ClNO4. The summed E-state index contributed by atoms with van der Waals surface area (Å²) in [5, 5.41) is 3.27. The standard InChI is InChI=1S/C20H22ClNO4/c1-20(2,15-6-4-3-5-7-15)19(24)26-14-18(23)22-12-13-25-17-10-8-16(21)9-11-17/h3-11H,12-14H2,1-2H3,(H,22,23). The highest BCUT2D eigenvalue weighted by Gasteiger charge is 2.31. The molecule has 1 N–H and O–H groups in total. The van der Waals surface area contributed by atoms with Crippen molar-refractivity contribution >= 4 is 23.5 Å². The lowest BCUT2D eigenvalue weighted by Gasteiger charge is -2.22. The second-order valence-corrected chi connectivity index (χ2v) is 6.66. The fourth-order valence-corrected chi connectivity index (χ4v) is 2.35. The van der Waals surface area contributed by atoms with Crippen molar-refractivity contribution in [3.05, 3.63) is 65.2 Å². The number of carbonyl (C=O) groups excluding carboxylic acids is 2. The van der Waals surface area contributed by atoms with E-state index < -0.39 is 11.4 Å². The van der Waals surface area contributed by atoms with Crippen LogP contribution in [-0.4, -0.2) is 31.6 Å². The average Bonchev–Trinajstić information content (AvgIpc) is 2.65. The zero-order chi connectivity index (χ0) is 19.0. The molecule has 2 aromatic rings. The largest absolute Gasteiger partial charge is 0.492 e.